The number of hydrogen-bond acceptors (Lipinski definition) is 2. The number of nitrogens with one attached hydrogen (secondary N) is 1. The van der Waals surface area contributed by atoms with E-state index in [1.807, 2.05) is 0 Å². The molecule has 1 aliphatic heterocycles. The highest BCUT2D eigenvalue weighted by Crippen LogP contribution is 2.27. The Balaban J connectivity index is 2.06. The molecular weight excluding hydrogens is 256 g/mol. The third kappa shape index (κ3) is 4.31. The van der Waals surface area contributed by atoms with Crippen LogP contribution in [0.25, 0.3) is 0 Å². The molecule has 0 saturated carbocycles. The molecule has 2 rings (SSSR count). The second-order valence-electron chi connectivity index (χ2n) is 7.55. The van der Waals surface area contributed by atoms with Crippen LogP contribution in [0.5, 0.6) is 0 Å². The van der Waals surface area contributed by atoms with Gasteiger partial charge in [0.25, 0.3) is 0 Å². The largest absolute Gasteiger partial charge is 0.317 e. The van der Waals surface area contributed by atoms with Gasteiger partial charge in [-0.15, -0.1) is 0 Å². The van der Waals surface area contributed by atoms with Crippen molar-refractivity contribution in [2.24, 2.45) is 0 Å². The molecule has 1 heterocycles. The highest BCUT2D eigenvalue weighted by atomic mass is 15.2. The fourth-order valence-electron chi connectivity index (χ4n) is 3.22. The summed E-state index contributed by atoms with van der Waals surface area (Å²) < 4.78 is 0. The van der Waals surface area contributed by atoms with E-state index >= 15 is 0 Å². The van der Waals surface area contributed by atoms with Gasteiger partial charge in [0, 0.05) is 12.1 Å². The van der Waals surface area contributed by atoms with Crippen molar-refractivity contribution >= 4 is 0 Å². The Labute approximate surface area is 130 Å². The zero-order chi connectivity index (χ0) is 15.5. The predicted molar refractivity (Wildman–Crippen MR) is 91.8 cm³/mol. The van der Waals surface area contributed by atoms with Crippen LogP contribution in [0.2, 0.25) is 0 Å². The number of hydrogen-bond donors (Lipinski definition) is 1. The minimum absolute atomic E-state index is 0.237. The lowest BCUT2D eigenvalue weighted by Crippen LogP contribution is -2.34. The lowest BCUT2D eigenvalue weighted by atomic mass is 9.86. The van der Waals surface area contributed by atoms with Crippen LogP contribution in [0.1, 0.15) is 64.1 Å². The normalized spacial score (nSPS) is 22.1. The third-order valence-corrected chi connectivity index (χ3v) is 4.99. The Morgan fingerprint density at radius 2 is 1.76 bits per heavy atom. The van der Waals surface area contributed by atoms with Crippen molar-refractivity contribution in [3.05, 3.63) is 35.4 Å². The van der Waals surface area contributed by atoms with Gasteiger partial charge in [0.1, 0.15) is 0 Å². The van der Waals surface area contributed by atoms with Crippen LogP contribution in [0.3, 0.4) is 0 Å². The average Bonchev–Trinajstić information content (AvgIpc) is 2.74. The van der Waals surface area contributed by atoms with E-state index in [0.29, 0.717) is 12.1 Å². The molecule has 2 unspecified atom stereocenters. The van der Waals surface area contributed by atoms with Crippen molar-refractivity contribution in [1.29, 1.82) is 0 Å². The quantitative estimate of drug-likeness (QED) is 0.900. The summed E-state index contributed by atoms with van der Waals surface area (Å²) in [6, 6.07) is 10.4. The predicted octanol–water partition coefficient (Wildman–Crippen LogP) is 4.12. The highest BCUT2D eigenvalue weighted by molar-refractivity contribution is 5.29. The Kier molecular flexibility index (Phi) is 5.45. The molecule has 1 aliphatic rings. The smallest absolute Gasteiger partial charge is 0.0319 e. The van der Waals surface area contributed by atoms with Crippen molar-refractivity contribution in [3.63, 3.8) is 0 Å². The first-order valence-corrected chi connectivity index (χ1v) is 8.42. The summed E-state index contributed by atoms with van der Waals surface area (Å²) in [7, 11) is 2.29. The maximum atomic E-state index is 3.51. The molecular formula is C19H32N2. The van der Waals surface area contributed by atoms with E-state index in [4.69, 9.17) is 0 Å². The lowest BCUT2D eigenvalue weighted by molar-refractivity contribution is 0.171. The summed E-state index contributed by atoms with van der Waals surface area (Å²) in [5.41, 5.74) is 3.09. The van der Waals surface area contributed by atoms with E-state index in [9.17, 15) is 0 Å². The van der Waals surface area contributed by atoms with Crippen molar-refractivity contribution in [2.45, 2.75) is 64.5 Å². The molecule has 1 N–H and O–H groups in total. The van der Waals surface area contributed by atoms with Gasteiger partial charge < -0.3 is 5.32 Å². The molecule has 1 saturated heterocycles. The van der Waals surface area contributed by atoms with Crippen molar-refractivity contribution in [3.8, 4) is 0 Å². The van der Waals surface area contributed by atoms with Gasteiger partial charge >= 0.3 is 0 Å². The summed E-state index contributed by atoms with van der Waals surface area (Å²) >= 11 is 0. The Hall–Kier alpha value is -0.860. The molecule has 1 aromatic rings. The fourth-order valence-corrected chi connectivity index (χ4v) is 3.22. The average molecular weight is 288 g/mol. The van der Waals surface area contributed by atoms with Crippen molar-refractivity contribution in [1.82, 2.24) is 10.2 Å². The molecule has 0 bridgehead atoms. The Bertz CT molecular complexity index is 422. The molecule has 2 nitrogen and oxygen atoms in total. The van der Waals surface area contributed by atoms with Gasteiger partial charge in [0.15, 0.2) is 0 Å². The Morgan fingerprint density at radius 3 is 2.38 bits per heavy atom. The molecule has 1 fully saturated rings. The van der Waals surface area contributed by atoms with Crippen LogP contribution in [-0.2, 0) is 5.41 Å². The summed E-state index contributed by atoms with van der Waals surface area (Å²) in [6.45, 7) is 11.5. The van der Waals surface area contributed by atoms with Crippen molar-refractivity contribution < 1.29 is 0 Å². The van der Waals surface area contributed by atoms with Gasteiger partial charge in [-0.3, -0.25) is 4.90 Å². The van der Waals surface area contributed by atoms with Crippen LogP contribution in [0.4, 0.5) is 0 Å². The van der Waals surface area contributed by atoms with Crippen LogP contribution in [-0.4, -0.2) is 31.1 Å². The van der Waals surface area contributed by atoms with Gasteiger partial charge in [0.2, 0.25) is 0 Å². The van der Waals surface area contributed by atoms with E-state index in [2.05, 4.69) is 69.2 Å². The van der Waals surface area contributed by atoms with E-state index in [0.717, 1.165) is 6.54 Å². The highest BCUT2D eigenvalue weighted by Gasteiger charge is 2.22. The number of nitrogens with zero attached hydrogens (tertiary/aromatic N) is 1. The minimum atomic E-state index is 0.237. The van der Waals surface area contributed by atoms with Crippen LogP contribution < -0.4 is 5.32 Å². The summed E-state index contributed by atoms with van der Waals surface area (Å²) in [5, 5.41) is 3.51. The molecule has 1 aromatic carbocycles. The van der Waals surface area contributed by atoms with E-state index < -0.39 is 0 Å². The van der Waals surface area contributed by atoms with Gasteiger partial charge in [-0.05, 0) is 62.9 Å². The maximum Gasteiger partial charge on any atom is 0.0319 e. The van der Waals surface area contributed by atoms with Gasteiger partial charge in [-0.2, -0.15) is 0 Å². The second-order valence-corrected chi connectivity index (χ2v) is 7.55. The number of benzene rings is 1. The molecule has 0 spiro atoms. The zero-order valence-electron chi connectivity index (χ0n) is 14.4. The monoisotopic (exact) mass is 288 g/mol. The number of rotatable bonds is 3. The molecule has 21 heavy (non-hydrogen) atoms. The molecule has 2 atom stereocenters. The third-order valence-electron chi connectivity index (χ3n) is 4.99. The molecule has 0 aliphatic carbocycles. The topological polar surface area (TPSA) is 15.3 Å². The molecule has 0 aromatic heterocycles. The van der Waals surface area contributed by atoms with E-state index in [-0.39, 0.29) is 5.41 Å². The van der Waals surface area contributed by atoms with E-state index in [1.54, 1.807) is 0 Å². The molecule has 0 radical (unpaired) electrons. The first-order chi connectivity index (χ1) is 9.89. The molecule has 118 valence electrons. The molecule has 2 heteroatoms. The van der Waals surface area contributed by atoms with E-state index in [1.165, 1.54) is 36.9 Å². The van der Waals surface area contributed by atoms with Gasteiger partial charge in [0.05, 0.1) is 0 Å². The first kappa shape index (κ1) is 16.5. The van der Waals surface area contributed by atoms with Crippen molar-refractivity contribution in [2.75, 3.05) is 20.1 Å². The summed E-state index contributed by atoms with van der Waals surface area (Å²) in [4.78, 5) is 2.57. The van der Waals surface area contributed by atoms with Gasteiger partial charge in [-0.25, -0.2) is 0 Å². The molecule has 0 amide bonds. The SMILES string of the molecule is CC(c1ccc(C(C)(C)C)cc1)N(C)C1CCCNCC1. The maximum absolute atomic E-state index is 3.51. The second kappa shape index (κ2) is 6.93. The fraction of sp³-hybridized carbons (Fsp3) is 0.684. The van der Waals surface area contributed by atoms with Crippen LogP contribution >= 0.6 is 0 Å². The Morgan fingerprint density at radius 1 is 1.10 bits per heavy atom. The van der Waals surface area contributed by atoms with Crippen LogP contribution in [0.15, 0.2) is 24.3 Å². The summed E-state index contributed by atoms with van der Waals surface area (Å²) in [5.74, 6) is 0. The minimum Gasteiger partial charge on any atom is -0.317 e. The first-order valence-electron chi connectivity index (χ1n) is 8.42. The summed E-state index contributed by atoms with van der Waals surface area (Å²) in [6.07, 6.45) is 3.87. The van der Waals surface area contributed by atoms with Gasteiger partial charge in [-0.1, -0.05) is 45.0 Å². The zero-order valence-corrected chi connectivity index (χ0v) is 14.4. The van der Waals surface area contributed by atoms with Crippen LogP contribution in [0, 0.1) is 0 Å². The lowest BCUT2D eigenvalue weighted by Gasteiger charge is -2.33. The standard InChI is InChI=1S/C19H32N2/c1-15(21(5)18-7-6-13-20-14-12-18)16-8-10-17(11-9-16)19(2,3)4/h8-11,15,18,20H,6-7,12-14H2,1-5H3.